The van der Waals surface area contributed by atoms with Gasteiger partial charge >= 0.3 is 0 Å². The van der Waals surface area contributed by atoms with Crippen LogP contribution in [0.15, 0.2) is 30.6 Å². The minimum Gasteiger partial charge on any atom is -0.488 e. The third-order valence-electron chi connectivity index (χ3n) is 5.64. The zero-order valence-electron chi connectivity index (χ0n) is 17.7. The van der Waals surface area contributed by atoms with Crippen molar-refractivity contribution in [1.82, 2.24) is 14.9 Å². The highest BCUT2D eigenvalue weighted by molar-refractivity contribution is 6.13. The van der Waals surface area contributed by atoms with Gasteiger partial charge in [0.1, 0.15) is 24.0 Å². The molecule has 8 nitrogen and oxygen atoms in total. The number of anilines is 2. The summed E-state index contributed by atoms with van der Waals surface area (Å²) in [5.41, 5.74) is 8.10. The number of piperazine rings is 1. The maximum absolute atomic E-state index is 8.70. The minimum absolute atomic E-state index is 0.0967. The van der Waals surface area contributed by atoms with E-state index in [0.717, 1.165) is 38.0 Å². The van der Waals surface area contributed by atoms with Crippen LogP contribution in [-0.4, -0.2) is 72.6 Å². The van der Waals surface area contributed by atoms with Crippen LogP contribution >= 0.6 is 0 Å². The van der Waals surface area contributed by atoms with Crippen LogP contribution in [0, 0.1) is 5.41 Å². The van der Waals surface area contributed by atoms with E-state index in [9.17, 15) is 0 Å². The molecular weight excluding hydrogens is 380 g/mol. The van der Waals surface area contributed by atoms with Crippen LogP contribution < -0.4 is 15.4 Å². The summed E-state index contributed by atoms with van der Waals surface area (Å²) in [5, 5.41) is 8.70. The van der Waals surface area contributed by atoms with E-state index < -0.39 is 0 Å². The fraction of sp³-hybridized carbons (Fsp3) is 0.500. The number of benzene rings is 1. The highest BCUT2D eigenvalue weighted by Crippen LogP contribution is 2.28. The third kappa shape index (κ3) is 4.71. The summed E-state index contributed by atoms with van der Waals surface area (Å²) in [6.45, 7) is 6.44. The number of methoxy groups -OCH3 is 1. The second kappa shape index (κ2) is 8.97. The first-order valence-corrected chi connectivity index (χ1v) is 10.5. The van der Waals surface area contributed by atoms with Crippen molar-refractivity contribution in [2.45, 2.75) is 31.9 Å². The van der Waals surface area contributed by atoms with E-state index in [2.05, 4.69) is 19.8 Å². The average Bonchev–Trinajstić information content (AvgIpc) is 3.60. The lowest BCUT2D eigenvalue weighted by Crippen LogP contribution is -2.47. The van der Waals surface area contributed by atoms with E-state index in [0.29, 0.717) is 29.3 Å². The van der Waals surface area contributed by atoms with Crippen LogP contribution in [0.4, 0.5) is 11.5 Å². The van der Waals surface area contributed by atoms with E-state index >= 15 is 0 Å². The van der Waals surface area contributed by atoms with E-state index in [-0.39, 0.29) is 11.8 Å². The predicted molar refractivity (Wildman–Crippen MR) is 118 cm³/mol. The number of nitrogens with one attached hydrogen (secondary N) is 1. The van der Waals surface area contributed by atoms with Gasteiger partial charge in [-0.25, -0.2) is 9.97 Å². The second-order valence-corrected chi connectivity index (χ2v) is 8.02. The zero-order valence-corrected chi connectivity index (χ0v) is 17.7. The Balaban J connectivity index is 1.49. The Morgan fingerprint density at radius 3 is 2.67 bits per heavy atom. The first kappa shape index (κ1) is 20.6. The summed E-state index contributed by atoms with van der Waals surface area (Å²) >= 11 is 0. The number of hydrogen-bond acceptors (Lipinski definition) is 8. The molecule has 0 spiro atoms. The zero-order chi connectivity index (χ0) is 21.1. The lowest BCUT2D eigenvalue weighted by Gasteiger charge is -2.35. The molecule has 0 amide bonds. The Labute approximate surface area is 177 Å². The Morgan fingerprint density at radius 2 is 1.97 bits per heavy atom. The van der Waals surface area contributed by atoms with Crippen LogP contribution in [-0.2, 0) is 4.74 Å². The Kier molecular flexibility index (Phi) is 6.15. The van der Waals surface area contributed by atoms with Gasteiger partial charge in [-0.3, -0.25) is 10.3 Å². The van der Waals surface area contributed by atoms with Crippen molar-refractivity contribution in [2.75, 3.05) is 50.5 Å². The molecule has 0 unspecified atom stereocenters. The third-order valence-corrected chi connectivity index (χ3v) is 5.64. The van der Waals surface area contributed by atoms with Gasteiger partial charge in [0.15, 0.2) is 0 Å². The van der Waals surface area contributed by atoms with Crippen molar-refractivity contribution in [2.24, 2.45) is 0 Å². The number of nitrogens with zero attached hydrogens (tertiary/aromatic N) is 4. The molecule has 30 heavy (non-hydrogen) atoms. The standard InChI is InChI=1S/C22H30N6O2/c1-15(13-29-2)30-17-5-6-19(23)18(11-17)22(24)20-12-21(26-14-25-20)28-9-7-27(8-10-28)16-3-4-16/h5-6,11-12,14-16,24H,3-4,7-10,13,23H2,1-2H3/t15-/m0/s1. The van der Waals surface area contributed by atoms with Gasteiger partial charge in [0, 0.05) is 56.6 Å². The monoisotopic (exact) mass is 410 g/mol. The van der Waals surface area contributed by atoms with Crippen LogP contribution in [0.1, 0.15) is 31.0 Å². The summed E-state index contributed by atoms with van der Waals surface area (Å²) in [6, 6.07) is 8.04. The largest absolute Gasteiger partial charge is 0.488 e. The summed E-state index contributed by atoms with van der Waals surface area (Å²) in [6.07, 6.45) is 4.11. The van der Waals surface area contributed by atoms with E-state index in [4.69, 9.17) is 20.6 Å². The van der Waals surface area contributed by atoms with Gasteiger partial charge in [-0.1, -0.05) is 0 Å². The lowest BCUT2D eigenvalue weighted by molar-refractivity contribution is 0.0921. The van der Waals surface area contributed by atoms with Gasteiger partial charge in [-0.2, -0.15) is 0 Å². The highest BCUT2D eigenvalue weighted by atomic mass is 16.5. The molecule has 160 valence electrons. The second-order valence-electron chi connectivity index (χ2n) is 8.02. The molecule has 1 aromatic heterocycles. The maximum atomic E-state index is 8.70. The molecule has 0 radical (unpaired) electrons. The molecule has 3 N–H and O–H groups in total. The van der Waals surface area contributed by atoms with E-state index in [1.54, 1.807) is 19.2 Å². The summed E-state index contributed by atoms with van der Waals surface area (Å²) < 4.78 is 11.0. The average molecular weight is 411 g/mol. The summed E-state index contributed by atoms with van der Waals surface area (Å²) in [7, 11) is 1.64. The molecule has 4 rings (SSSR count). The number of nitrogens with two attached hydrogens (primary N) is 1. The molecule has 1 aromatic carbocycles. The van der Waals surface area contributed by atoms with Crippen LogP contribution in [0.25, 0.3) is 0 Å². The molecule has 2 fully saturated rings. The van der Waals surface area contributed by atoms with Crippen molar-refractivity contribution < 1.29 is 9.47 Å². The van der Waals surface area contributed by atoms with Crippen molar-refractivity contribution in [3.8, 4) is 5.75 Å². The van der Waals surface area contributed by atoms with Crippen LogP contribution in [0.3, 0.4) is 0 Å². The van der Waals surface area contributed by atoms with Crippen molar-refractivity contribution in [3.05, 3.63) is 41.9 Å². The molecule has 0 bridgehead atoms. The Morgan fingerprint density at radius 1 is 1.20 bits per heavy atom. The van der Waals surface area contributed by atoms with Crippen LogP contribution in [0.5, 0.6) is 5.75 Å². The number of aromatic nitrogens is 2. The normalized spacial score (nSPS) is 18.3. The molecule has 1 atom stereocenters. The number of nitrogen functional groups attached to an aromatic ring is 1. The van der Waals surface area contributed by atoms with Crippen LogP contribution in [0.2, 0.25) is 0 Å². The summed E-state index contributed by atoms with van der Waals surface area (Å²) in [5.74, 6) is 1.51. The first-order chi connectivity index (χ1) is 14.5. The maximum Gasteiger partial charge on any atom is 0.132 e. The minimum atomic E-state index is -0.0967. The molecule has 1 saturated heterocycles. The van der Waals surface area contributed by atoms with Gasteiger partial charge in [0.2, 0.25) is 0 Å². The SMILES string of the molecule is COC[C@H](C)Oc1ccc(N)c(C(=N)c2cc(N3CCN(C4CC4)CC3)ncn2)c1. The molecule has 2 heterocycles. The fourth-order valence-electron chi connectivity index (χ4n) is 3.88. The first-order valence-electron chi connectivity index (χ1n) is 10.5. The smallest absolute Gasteiger partial charge is 0.132 e. The quantitative estimate of drug-likeness (QED) is 0.508. The van der Waals surface area contributed by atoms with E-state index in [1.807, 2.05) is 19.1 Å². The van der Waals surface area contributed by atoms with Gasteiger partial charge in [0.05, 0.1) is 18.0 Å². The Bertz CT molecular complexity index is 893. The predicted octanol–water partition coefficient (Wildman–Crippen LogP) is 2.17. The van der Waals surface area contributed by atoms with Gasteiger partial charge in [-0.05, 0) is 38.0 Å². The van der Waals surface area contributed by atoms with Crippen molar-refractivity contribution >= 4 is 17.2 Å². The van der Waals surface area contributed by atoms with Gasteiger partial charge < -0.3 is 20.1 Å². The Hall–Kier alpha value is -2.71. The topological polar surface area (TPSA) is 101 Å². The van der Waals surface area contributed by atoms with Gasteiger partial charge in [0.25, 0.3) is 0 Å². The fourth-order valence-corrected chi connectivity index (χ4v) is 3.88. The van der Waals surface area contributed by atoms with Gasteiger partial charge in [-0.15, -0.1) is 0 Å². The number of rotatable bonds is 8. The molecule has 8 heteroatoms. The van der Waals surface area contributed by atoms with Crippen molar-refractivity contribution in [3.63, 3.8) is 0 Å². The number of hydrogen-bond donors (Lipinski definition) is 2. The number of ether oxygens (including phenoxy) is 2. The molecule has 2 aromatic rings. The molecule has 1 saturated carbocycles. The van der Waals surface area contributed by atoms with E-state index in [1.165, 1.54) is 19.2 Å². The lowest BCUT2D eigenvalue weighted by atomic mass is 10.0. The van der Waals surface area contributed by atoms with Crippen molar-refractivity contribution in [1.29, 1.82) is 5.41 Å². The molecule has 2 aliphatic rings. The molecule has 1 aliphatic heterocycles. The molecular formula is C22H30N6O2. The highest BCUT2D eigenvalue weighted by Gasteiger charge is 2.31. The summed E-state index contributed by atoms with van der Waals surface area (Å²) in [4.78, 5) is 13.6. The molecule has 1 aliphatic carbocycles.